The zero-order valence-corrected chi connectivity index (χ0v) is 14.4. The molecular weight excluding hydrogens is 336 g/mol. The summed E-state index contributed by atoms with van der Waals surface area (Å²) in [6.45, 7) is 2.82. The van der Waals surface area contributed by atoms with Gasteiger partial charge in [-0.1, -0.05) is 0 Å². The van der Waals surface area contributed by atoms with Crippen LogP contribution in [0.4, 0.5) is 15.6 Å². The highest BCUT2D eigenvalue weighted by Crippen LogP contribution is 2.17. The number of urea groups is 1. The van der Waals surface area contributed by atoms with Crippen LogP contribution in [0.3, 0.4) is 0 Å². The Morgan fingerprint density at radius 1 is 0.960 bits per heavy atom. The van der Waals surface area contributed by atoms with E-state index < -0.39 is 0 Å². The predicted octanol–water partition coefficient (Wildman–Crippen LogP) is 2.68. The monoisotopic (exact) mass is 354 g/mol. The highest BCUT2D eigenvalue weighted by molar-refractivity contribution is 7.14. The van der Waals surface area contributed by atoms with Crippen LogP contribution in [0, 0.1) is 0 Å². The molecular formula is C17H18N6OS. The number of hydrogen-bond donors (Lipinski definition) is 1. The fourth-order valence-corrected chi connectivity index (χ4v) is 3.39. The highest BCUT2D eigenvalue weighted by atomic mass is 32.1. The normalized spacial score (nSPS) is 14.6. The summed E-state index contributed by atoms with van der Waals surface area (Å²) < 4.78 is 1.92. The summed E-state index contributed by atoms with van der Waals surface area (Å²) in [5.74, 6) is 1.64. The first-order valence-corrected chi connectivity index (χ1v) is 8.99. The Balaban J connectivity index is 1.34. The molecule has 3 aromatic rings. The van der Waals surface area contributed by atoms with Gasteiger partial charge in [0, 0.05) is 38.6 Å². The SMILES string of the molecule is O=C(Nc1cccs1)N1CCN(c2ccc(-n3cccc3)nn2)CC1. The Labute approximate surface area is 149 Å². The van der Waals surface area contributed by atoms with Gasteiger partial charge in [-0.3, -0.25) is 5.32 Å². The van der Waals surface area contributed by atoms with E-state index in [0.29, 0.717) is 13.1 Å². The zero-order valence-electron chi connectivity index (χ0n) is 13.6. The van der Waals surface area contributed by atoms with Crippen molar-refractivity contribution < 1.29 is 4.79 Å². The topological polar surface area (TPSA) is 66.3 Å². The van der Waals surface area contributed by atoms with E-state index in [2.05, 4.69) is 20.4 Å². The van der Waals surface area contributed by atoms with Crippen molar-refractivity contribution in [3.63, 3.8) is 0 Å². The molecule has 1 saturated heterocycles. The quantitative estimate of drug-likeness (QED) is 0.785. The Bertz CT molecular complexity index is 807. The van der Waals surface area contributed by atoms with Crippen molar-refractivity contribution in [1.29, 1.82) is 0 Å². The Kier molecular flexibility index (Phi) is 4.34. The minimum Gasteiger partial charge on any atom is -0.352 e. The Morgan fingerprint density at radius 3 is 2.32 bits per heavy atom. The second kappa shape index (κ2) is 6.94. The average Bonchev–Trinajstić information content (AvgIpc) is 3.36. The van der Waals surface area contributed by atoms with E-state index in [9.17, 15) is 4.79 Å². The number of nitrogens with zero attached hydrogens (tertiary/aromatic N) is 5. The molecule has 25 heavy (non-hydrogen) atoms. The molecule has 0 unspecified atom stereocenters. The third kappa shape index (κ3) is 3.48. The lowest BCUT2D eigenvalue weighted by Crippen LogP contribution is -2.50. The van der Waals surface area contributed by atoms with Gasteiger partial charge in [0.15, 0.2) is 11.6 Å². The summed E-state index contributed by atoms with van der Waals surface area (Å²) in [6, 6.07) is 11.6. The molecule has 2 amide bonds. The second-order valence-electron chi connectivity index (χ2n) is 5.72. The zero-order chi connectivity index (χ0) is 17.1. The van der Waals surface area contributed by atoms with Crippen LogP contribution >= 0.6 is 11.3 Å². The molecule has 3 aromatic heterocycles. The van der Waals surface area contributed by atoms with Crippen LogP contribution in [-0.2, 0) is 0 Å². The number of hydrogen-bond acceptors (Lipinski definition) is 5. The molecule has 0 spiro atoms. The fourth-order valence-electron chi connectivity index (χ4n) is 2.78. The number of aromatic nitrogens is 3. The second-order valence-corrected chi connectivity index (χ2v) is 6.67. The van der Waals surface area contributed by atoms with Crippen molar-refractivity contribution in [2.24, 2.45) is 0 Å². The Morgan fingerprint density at radius 2 is 1.68 bits per heavy atom. The number of amides is 2. The van der Waals surface area contributed by atoms with Crippen LogP contribution in [0.2, 0.25) is 0 Å². The summed E-state index contributed by atoms with van der Waals surface area (Å²) in [4.78, 5) is 16.2. The fraction of sp³-hybridized carbons (Fsp3) is 0.235. The van der Waals surface area contributed by atoms with E-state index in [-0.39, 0.29) is 6.03 Å². The van der Waals surface area contributed by atoms with Gasteiger partial charge in [0.25, 0.3) is 0 Å². The maximum atomic E-state index is 12.3. The third-order valence-corrected chi connectivity index (χ3v) is 4.93. The van der Waals surface area contributed by atoms with Gasteiger partial charge in [-0.25, -0.2) is 4.79 Å². The molecule has 0 radical (unpaired) electrons. The lowest BCUT2D eigenvalue weighted by Gasteiger charge is -2.35. The van der Waals surface area contributed by atoms with Gasteiger partial charge in [0.1, 0.15) is 0 Å². The van der Waals surface area contributed by atoms with Crippen LogP contribution in [0.25, 0.3) is 5.82 Å². The average molecular weight is 354 g/mol. The van der Waals surface area contributed by atoms with E-state index in [1.807, 2.05) is 63.6 Å². The highest BCUT2D eigenvalue weighted by Gasteiger charge is 2.22. The predicted molar refractivity (Wildman–Crippen MR) is 98.5 cm³/mol. The molecule has 128 valence electrons. The molecule has 1 aliphatic heterocycles. The molecule has 0 atom stereocenters. The van der Waals surface area contributed by atoms with Gasteiger partial charge in [-0.2, -0.15) is 0 Å². The lowest BCUT2D eigenvalue weighted by molar-refractivity contribution is 0.208. The maximum absolute atomic E-state index is 12.3. The molecule has 7 nitrogen and oxygen atoms in total. The van der Waals surface area contributed by atoms with E-state index in [4.69, 9.17) is 0 Å². The molecule has 1 N–H and O–H groups in total. The van der Waals surface area contributed by atoms with Crippen LogP contribution in [0.15, 0.2) is 54.2 Å². The van der Waals surface area contributed by atoms with Gasteiger partial charge in [-0.05, 0) is 41.8 Å². The first-order valence-electron chi connectivity index (χ1n) is 8.11. The molecule has 4 heterocycles. The standard InChI is InChI=1S/C17H18N6OS/c24-17(18-16-4-3-13-25-16)23-11-9-22(10-12-23)15-6-5-14(19-20-15)21-7-1-2-8-21/h1-8,13H,9-12H2,(H,18,24). The molecule has 1 aliphatic rings. The van der Waals surface area contributed by atoms with Crippen molar-refractivity contribution in [2.45, 2.75) is 0 Å². The minimum absolute atomic E-state index is 0.0452. The van der Waals surface area contributed by atoms with E-state index in [1.165, 1.54) is 11.3 Å². The summed E-state index contributed by atoms with van der Waals surface area (Å²) in [5.41, 5.74) is 0. The lowest BCUT2D eigenvalue weighted by atomic mass is 10.3. The van der Waals surface area contributed by atoms with E-state index >= 15 is 0 Å². The van der Waals surface area contributed by atoms with Crippen LogP contribution in [-0.4, -0.2) is 51.9 Å². The Hall–Kier alpha value is -2.87. The van der Waals surface area contributed by atoms with Crippen LogP contribution in [0.5, 0.6) is 0 Å². The van der Waals surface area contributed by atoms with Gasteiger partial charge < -0.3 is 14.4 Å². The van der Waals surface area contributed by atoms with Crippen molar-refractivity contribution in [2.75, 3.05) is 36.4 Å². The summed E-state index contributed by atoms with van der Waals surface area (Å²) in [6.07, 6.45) is 3.88. The number of rotatable bonds is 3. The van der Waals surface area contributed by atoms with Gasteiger partial charge in [0.05, 0.1) is 5.00 Å². The van der Waals surface area contributed by atoms with Crippen molar-refractivity contribution >= 4 is 28.2 Å². The summed E-state index contributed by atoms with van der Waals surface area (Å²) in [7, 11) is 0. The minimum atomic E-state index is -0.0452. The number of carbonyl (C=O) groups excluding carboxylic acids is 1. The van der Waals surface area contributed by atoms with E-state index in [0.717, 1.165) is 29.7 Å². The molecule has 0 bridgehead atoms. The summed E-state index contributed by atoms with van der Waals surface area (Å²) in [5, 5.41) is 14.4. The number of piperazine rings is 1. The molecule has 0 aromatic carbocycles. The van der Waals surface area contributed by atoms with E-state index in [1.54, 1.807) is 0 Å². The molecule has 1 fully saturated rings. The molecule has 0 aliphatic carbocycles. The molecule has 8 heteroatoms. The van der Waals surface area contributed by atoms with Crippen molar-refractivity contribution in [1.82, 2.24) is 19.7 Å². The van der Waals surface area contributed by atoms with Crippen molar-refractivity contribution in [3.8, 4) is 5.82 Å². The molecule has 4 rings (SSSR count). The van der Waals surface area contributed by atoms with Gasteiger partial charge in [0.2, 0.25) is 0 Å². The van der Waals surface area contributed by atoms with Gasteiger partial charge >= 0.3 is 6.03 Å². The maximum Gasteiger partial charge on any atom is 0.322 e. The van der Waals surface area contributed by atoms with Crippen LogP contribution in [0.1, 0.15) is 0 Å². The smallest absolute Gasteiger partial charge is 0.322 e. The number of thiophene rings is 1. The first-order chi connectivity index (χ1) is 12.3. The van der Waals surface area contributed by atoms with Crippen molar-refractivity contribution in [3.05, 3.63) is 54.2 Å². The molecule has 0 saturated carbocycles. The number of anilines is 2. The largest absolute Gasteiger partial charge is 0.352 e. The summed E-state index contributed by atoms with van der Waals surface area (Å²) >= 11 is 1.52. The third-order valence-electron chi connectivity index (χ3n) is 4.15. The number of nitrogens with one attached hydrogen (secondary N) is 1. The van der Waals surface area contributed by atoms with Gasteiger partial charge in [-0.15, -0.1) is 21.5 Å². The number of carbonyl (C=O) groups is 1. The first kappa shape index (κ1) is 15.6. The van der Waals surface area contributed by atoms with Crippen LogP contribution < -0.4 is 10.2 Å².